The molecule has 1 saturated heterocycles. The quantitative estimate of drug-likeness (QED) is 0.462. The van der Waals surface area contributed by atoms with Gasteiger partial charge in [-0.1, -0.05) is 39.0 Å². The van der Waals surface area contributed by atoms with Crippen LogP contribution in [0.5, 0.6) is 0 Å². The van der Waals surface area contributed by atoms with Crippen LogP contribution in [0.2, 0.25) is 0 Å². The number of rotatable bonds is 7. The van der Waals surface area contributed by atoms with Gasteiger partial charge in [0.05, 0.1) is 0 Å². The number of hydrogen-bond acceptors (Lipinski definition) is 2. The summed E-state index contributed by atoms with van der Waals surface area (Å²) in [5.74, 6) is 0.000910. The summed E-state index contributed by atoms with van der Waals surface area (Å²) in [4.78, 5) is 10.8. The Bertz CT molecular complexity index is 166. The summed E-state index contributed by atoms with van der Waals surface area (Å²) >= 11 is 0. The zero-order chi connectivity index (χ0) is 10.2. The van der Waals surface area contributed by atoms with Crippen molar-refractivity contribution in [2.75, 3.05) is 0 Å². The molecule has 1 aliphatic rings. The minimum absolute atomic E-state index is 0.000910. The lowest BCUT2D eigenvalue weighted by Crippen LogP contribution is -2.06. The normalized spacial score (nSPS) is 21.2. The van der Waals surface area contributed by atoms with Gasteiger partial charge in [-0.15, -0.1) is 0 Å². The van der Waals surface area contributed by atoms with Gasteiger partial charge in [0.25, 0.3) is 0 Å². The number of unbranched alkanes of at least 4 members (excludes halogenated alkanes) is 5. The van der Waals surface area contributed by atoms with Crippen LogP contribution in [0.15, 0.2) is 0 Å². The van der Waals surface area contributed by atoms with E-state index in [2.05, 4.69) is 6.92 Å². The van der Waals surface area contributed by atoms with E-state index < -0.39 is 0 Å². The smallest absolute Gasteiger partial charge is 0.306 e. The third-order valence-corrected chi connectivity index (χ3v) is 2.85. The molecule has 0 aromatic heterocycles. The molecular formula is C12H22O2. The Morgan fingerprint density at radius 3 is 2.57 bits per heavy atom. The van der Waals surface area contributed by atoms with Gasteiger partial charge < -0.3 is 4.74 Å². The van der Waals surface area contributed by atoms with Crippen molar-refractivity contribution in [3.05, 3.63) is 0 Å². The van der Waals surface area contributed by atoms with Gasteiger partial charge in [-0.2, -0.15) is 0 Å². The van der Waals surface area contributed by atoms with Gasteiger partial charge in [0.2, 0.25) is 0 Å². The summed E-state index contributed by atoms with van der Waals surface area (Å²) in [6.45, 7) is 2.23. The first-order valence-electron chi connectivity index (χ1n) is 6.02. The van der Waals surface area contributed by atoms with Crippen LogP contribution in [0.25, 0.3) is 0 Å². The molecule has 0 aromatic carbocycles. The zero-order valence-corrected chi connectivity index (χ0v) is 9.26. The second-order valence-electron chi connectivity index (χ2n) is 4.21. The maximum atomic E-state index is 10.8. The van der Waals surface area contributed by atoms with Gasteiger partial charge >= 0.3 is 5.97 Å². The van der Waals surface area contributed by atoms with E-state index >= 15 is 0 Å². The number of cyclic esters (lactones) is 1. The van der Waals surface area contributed by atoms with Gasteiger partial charge in [0, 0.05) is 6.42 Å². The van der Waals surface area contributed by atoms with Crippen LogP contribution in [0, 0.1) is 0 Å². The van der Waals surface area contributed by atoms with E-state index in [0.29, 0.717) is 6.42 Å². The van der Waals surface area contributed by atoms with E-state index in [9.17, 15) is 4.79 Å². The van der Waals surface area contributed by atoms with Crippen molar-refractivity contribution in [3.63, 3.8) is 0 Å². The van der Waals surface area contributed by atoms with E-state index in [0.717, 1.165) is 12.8 Å². The molecule has 0 aliphatic carbocycles. The lowest BCUT2D eigenvalue weighted by Gasteiger charge is -2.07. The lowest BCUT2D eigenvalue weighted by molar-refractivity contribution is -0.141. The maximum absolute atomic E-state index is 10.8. The Balaban J connectivity index is 1.86. The Kier molecular flexibility index (Phi) is 5.65. The van der Waals surface area contributed by atoms with Gasteiger partial charge in [-0.05, 0) is 19.3 Å². The van der Waals surface area contributed by atoms with Gasteiger partial charge in [-0.3, -0.25) is 4.79 Å². The van der Waals surface area contributed by atoms with E-state index in [1.807, 2.05) is 0 Å². The summed E-state index contributed by atoms with van der Waals surface area (Å²) < 4.78 is 5.15. The molecule has 2 nitrogen and oxygen atoms in total. The first-order chi connectivity index (χ1) is 6.83. The third-order valence-electron chi connectivity index (χ3n) is 2.85. The molecule has 1 aliphatic heterocycles. The van der Waals surface area contributed by atoms with Crippen molar-refractivity contribution in [3.8, 4) is 0 Å². The van der Waals surface area contributed by atoms with E-state index in [-0.39, 0.29) is 12.1 Å². The molecule has 1 fully saturated rings. The van der Waals surface area contributed by atoms with Crippen molar-refractivity contribution >= 4 is 5.97 Å². The number of hydrogen-bond donors (Lipinski definition) is 0. The molecule has 2 heteroatoms. The predicted octanol–water partition coefficient (Wildman–Crippen LogP) is 3.44. The standard InChI is InChI=1S/C12H22O2/c1-2-3-4-5-6-7-8-11-9-10-12(13)14-11/h11H,2-10H2,1H3. The molecule has 1 heterocycles. The van der Waals surface area contributed by atoms with Crippen LogP contribution in [0.4, 0.5) is 0 Å². The number of ether oxygens (including phenoxy) is 1. The number of carbonyl (C=O) groups excluding carboxylic acids is 1. The Labute approximate surface area is 87.0 Å². The van der Waals surface area contributed by atoms with Gasteiger partial charge in [0.1, 0.15) is 6.10 Å². The molecule has 0 saturated carbocycles. The highest BCUT2D eigenvalue weighted by Crippen LogP contribution is 2.19. The van der Waals surface area contributed by atoms with Crippen LogP contribution in [0.1, 0.15) is 64.7 Å². The van der Waals surface area contributed by atoms with Gasteiger partial charge in [0.15, 0.2) is 0 Å². The highest BCUT2D eigenvalue weighted by atomic mass is 16.5. The summed E-state index contributed by atoms with van der Waals surface area (Å²) in [5.41, 5.74) is 0. The molecule has 14 heavy (non-hydrogen) atoms. The summed E-state index contributed by atoms with van der Waals surface area (Å²) in [6.07, 6.45) is 10.8. The predicted molar refractivity (Wildman–Crippen MR) is 57.1 cm³/mol. The van der Waals surface area contributed by atoms with Crippen LogP contribution in [-0.2, 0) is 9.53 Å². The van der Waals surface area contributed by atoms with E-state index in [1.165, 1.54) is 38.5 Å². The highest BCUT2D eigenvalue weighted by Gasteiger charge is 2.22. The van der Waals surface area contributed by atoms with Crippen LogP contribution in [-0.4, -0.2) is 12.1 Å². The molecule has 1 rings (SSSR count). The maximum Gasteiger partial charge on any atom is 0.306 e. The molecule has 0 spiro atoms. The Morgan fingerprint density at radius 2 is 1.93 bits per heavy atom. The van der Waals surface area contributed by atoms with E-state index in [4.69, 9.17) is 4.74 Å². The van der Waals surface area contributed by atoms with Crippen LogP contribution >= 0.6 is 0 Å². The Hall–Kier alpha value is -0.530. The van der Waals surface area contributed by atoms with Crippen molar-refractivity contribution < 1.29 is 9.53 Å². The van der Waals surface area contributed by atoms with Gasteiger partial charge in [-0.25, -0.2) is 0 Å². The third kappa shape index (κ3) is 4.64. The molecule has 1 unspecified atom stereocenters. The summed E-state index contributed by atoms with van der Waals surface area (Å²) in [7, 11) is 0. The molecular weight excluding hydrogens is 176 g/mol. The molecule has 0 radical (unpaired) electrons. The molecule has 0 amide bonds. The average molecular weight is 198 g/mol. The fraction of sp³-hybridized carbons (Fsp3) is 0.917. The van der Waals surface area contributed by atoms with E-state index in [1.54, 1.807) is 0 Å². The zero-order valence-electron chi connectivity index (χ0n) is 9.26. The van der Waals surface area contributed by atoms with Crippen molar-refractivity contribution in [1.29, 1.82) is 0 Å². The van der Waals surface area contributed by atoms with Crippen molar-refractivity contribution in [1.82, 2.24) is 0 Å². The second-order valence-corrected chi connectivity index (χ2v) is 4.21. The minimum atomic E-state index is 0.000910. The van der Waals surface area contributed by atoms with Crippen LogP contribution in [0.3, 0.4) is 0 Å². The fourth-order valence-electron chi connectivity index (χ4n) is 1.94. The van der Waals surface area contributed by atoms with Crippen molar-refractivity contribution in [2.45, 2.75) is 70.8 Å². The highest BCUT2D eigenvalue weighted by molar-refractivity contribution is 5.71. The van der Waals surface area contributed by atoms with Crippen LogP contribution < -0.4 is 0 Å². The second kappa shape index (κ2) is 6.86. The number of carbonyl (C=O) groups is 1. The summed E-state index contributed by atoms with van der Waals surface area (Å²) in [6, 6.07) is 0. The molecule has 82 valence electrons. The monoisotopic (exact) mass is 198 g/mol. The average Bonchev–Trinajstić information content (AvgIpc) is 2.58. The SMILES string of the molecule is CCCCCCCCC1CCC(=O)O1. The summed E-state index contributed by atoms with van der Waals surface area (Å²) in [5, 5.41) is 0. The Morgan fingerprint density at radius 1 is 1.21 bits per heavy atom. The molecule has 1 atom stereocenters. The number of esters is 1. The topological polar surface area (TPSA) is 26.3 Å². The fourth-order valence-corrected chi connectivity index (χ4v) is 1.94. The molecule has 0 bridgehead atoms. The molecule has 0 aromatic rings. The van der Waals surface area contributed by atoms with Crippen molar-refractivity contribution in [2.24, 2.45) is 0 Å². The first-order valence-corrected chi connectivity index (χ1v) is 6.02. The lowest BCUT2D eigenvalue weighted by atomic mass is 10.1. The largest absolute Gasteiger partial charge is 0.462 e. The minimum Gasteiger partial charge on any atom is -0.462 e. The molecule has 0 N–H and O–H groups in total. The first kappa shape index (κ1) is 11.5.